The van der Waals surface area contributed by atoms with Crippen LogP contribution in [0.15, 0.2) is 53.6 Å². The molecule has 1 atom stereocenters. The number of nitrogens with zero attached hydrogens (tertiary/aromatic N) is 2. The zero-order valence-electron chi connectivity index (χ0n) is 14.0. The summed E-state index contributed by atoms with van der Waals surface area (Å²) < 4.78 is 39.2. The normalized spacial score (nSPS) is 17.3. The van der Waals surface area contributed by atoms with Crippen molar-refractivity contribution in [3.05, 3.63) is 65.2 Å². The molecule has 2 aromatic rings. The first-order valence-corrected chi connectivity index (χ1v) is 7.83. The van der Waals surface area contributed by atoms with Gasteiger partial charge in [0.25, 0.3) is 5.91 Å². The number of hydrazone groups is 1. The van der Waals surface area contributed by atoms with E-state index in [1.54, 1.807) is 24.3 Å². The molecular formula is C18H14F3N3O3. The summed E-state index contributed by atoms with van der Waals surface area (Å²) in [5, 5.41) is 16.1. The Morgan fingerprint density at radius 1 is 1.15 bits per heavy atom. The maximum atomic E-state index is 13.1. The summed E-state index contributed by atoms with van der Waals surface area (Å²) in [5.74, 6) is -3.84. The van der Waals surface area contributed by atoms with Gasteiger partial charge in [-0.25, -0.2) is 5.01 Å². The van der Waals surface area contributed by atoms with E-state index in [1.165, 1.54) is 24.3 Å². The predicted molar refractivity (Wildman–Crippen MR) is 89.6 cm³/mol. The first-order valence-electron chi connectivity index (χ1n) is 7.83. The van der Waals surface area contributed by atoms with Crippen molar-refractivity contribution in [3.63, 3.8) is 0 Å². The number of phenolic OH excluding ortho intramolecular Hbond substituents is 1. The monoisotopic (exact) mass is 377 g/mol. The first kappa shape index (κ1) is 18.4. The van der Waals surface area contributed by atoms with Crippen LogP contribution < -0.4 is 5.32 Å². The minimum atomic E-state index is -5.25. The quantitative estimate of drug-likeness (QED) is 0.844. The number of rotatable bonds is 2. The van der Waals surface area contributed by atoms with E-state index in [1.807, 2.05) is 6.92 Å². The molecule has 0 radical (unpaired) electrons. The number of hydrogen-bond donors (Lipinski definition) is 2. The number of halogens is 3. The number of nitrogens with one attached hydrogen (secondary N) is 1. The number of alkyl halides is 3. The third kappa shape index (κ3) is 3.62. The molecule has 2 amide bonds. The van der Waals surface area contributed by atoms with Crippen LogP contribution in [0.25, 0.3) is 0 Å². The lowest BCUT2D eigenvalue weighted by Crippen LogP contribution is -2.52. The van der Waals surface area contributed by atoms with Crippen LogP contribution in [0.1, 0.15) is 22.7 Å². The molecule has 0 saturated heterocycles. The SMILES string of the molecule is Cc1ccc(C2=NN(C(=O)C(F)(F)F)C(c3ccccc3O)C(=O)N2)cc1. The lowest BCUT2D eigenvalue weighted by Gasteiger charge is -2.32. The van der Waals surface area contributed by atoms with Gasteiger partial charge in [-0.3, -0.25) is 9.59 Å². The average Bonchev–Trinajstić information content (AvgIpc) is 2.61. The van der Waals surface area contributed by atoms with Crippen LogP contribution >= 0.6 is 0 Å². The second-order valence-electron chi connectivity index (χ2n) is 5.91. The highest BCUT2D eigenvalue weighted by molar-refractivity contribution is 6.12. The van der Waals surface area contributed by atoms with Gasteiger partial charge in [-0.15, -0.1) is 0 Å². The fraction of sp³-hybridized carbons (Fsp3) is 0.167. The van der Waals surface area contributed by atoms with Crippen LogP contribution in [0.2, 0.25) is 0 Å². The Labute approximate surface area is 151 Å². The Kier molecular flexibility index (Phi) is 4.61. The number of aryl methyl sites for hydroxylation is 1. The fourth-order valence-corrected chi connectivity index (χ4v) is 2.61. The number of benzene rings is 2. The summed E-state index contributed by atoms with van der Waals surface area (Å²) in [6, 6.07) is 10.1. The van der Waals surface area contributed by atoms with Gasteiger partial charge < -0.3 is 10.4 Å². The van der Waals surface area contributed by atoms with Crippen molar-refractivity contribution < 1.29 is 27.9 Å². The van der Waals surface area contributed by atoms with Crippen molar-refractivity contribution in [1.29, 1.82) is 0 Å². The highest BCUT2D eigenvalue weighted by Gasteiger charge is 2.49. The van der Waals surface area contributed by atoms with Gasteiger partial charge in [-0.2, -0.15) is 18.3 Å². The Morgan fingerprint density at radius 2 is 1.78 bits per heavy atom. The van der Waals surface area contributed by atoms with E-state index in [2.05, 4.69) is 10.4 Å². The number of carbonyl (C=O) groups is 2. The smallest absolute Gasteiger partial charge is 0.473 e. The van der Waals surface area contributed by atoms with E-state index < -0.39 is 29.8 Å². The predicted octanol–water partition coefficient (Wildman–Crippen LogP) is 2.62. The second kappa shape index (κ2) is 6.75. The molecule has 0 spiro atoms. The van der Waals surface area contributed by atoms with Gasteiger partial charge >= 0.3 is 12.1 Å². The van der Waals surface area contributed by atoms with E-state index in [4.69, 9.17) is 0 Å². The number of amides is 2. The van der Waals surface area contributed by atoms with Crippen molar-refractivity contribution in [2.24, 2.45) is 5.10 Å². The number of carbonyl (C=O) groups excluding carboxylic acids is 2. The van der Waals surface area contributed by atoms with Gasteiger partial charge in [0.2, 0.25) is 0 Å². The Bertz CT molecular complexity index is 923. The maximum Gasteiger partial charge on any atom is 0.473 e. The van der Waals surface area contributed by atoms with E-state index in [0.717, 1.165) is 5.56 Å². The third-order valence-corrected chi connectivity index (χ3v) is 3.95. The molecule has 0 saturated carbocycles. The highest BCUT2D eigenvalue weighted by atomic mass is 19.4. The molecule has 6 nitrogen and oxygen atoms in total. The van der Waals surface area contributed by atoms with Crippen LogP contribution in [-0.4, -0.2) is 33.9 Å². The molecule has 1 unspecified atom stereocenters. The zero-order chi connectivity index (χ0) is 19.8. The number of aromatic hydroxyl groups is 1. The second-order valence-corrected chi connectivity index (χ2v) is 5.91. The average molecular weight is 377 g/mol. The summed E-state index contributed by atoms with van der Waals surface area (Å²) >= 11 is 0. The van der Waals surface area contributed by atoms with Gasteiger partial charge in [0, 0.05) is 11.1 Å². The van der Waals surface area contributed by atoms with Crippen LogP contribution in [0, 0.1) is 6.92 Å². The molecule has 1 aliphatic rings. The highest BCUT2D eigenvalue weighted by Crippen LogP contribution is 2.34. The molecular weight excluding hydrogens is 363 g/mol. The number of phenols is 1. The van der Waals surface area contributed by atoms with Crippen LogP contribution in [0.5, 0.6) is 5.75 Å². The molecule has 0 bridgehead atoms. The summed E-state index contributed by atoms with van der Waals surface area (Å²) in [7, 11) is 0. The lowest BCUT2D eigenvalue weighted by molar-refractivity contribution is -0.189. The van der Waals surface area contributed by atoms with Crippen LogP contribution in [-0.2, 0) is 9.59 Å². The molecule has 1 aliphatic heterocycles. The van der Waals surface area contributed by atoms with Crippen LogP contribution in [0.4, 0.5) is 13.2 Å². The Hall–Kier alpha value is -3.36. The van der Waals surface area contributed by atoms with Gasteiger partial charge in [0.15, 0.2) is 11.9 Å². The first-order chi connectivity index (χ1) is 12.7. The molecule has 0 aliphatic carbocycles. The maximum absolute atomic E-state index is 13.1. The topological polar surface area (TPSA) is 82.0 Å². The van der Waals surface area contributed by atoms with Gasteiger partial charge in [0.1, 0.15) is 5.75 Å². The van der Waals surface area contributed by atoms with Crippen molar-refractivity contribution in [2.45, 2.75) is 19.1 Å². The molecule has 2 N–H and O–H groups in total. The minimum Gasteiger partial charge on any atom is -0.508 e. The van der Waals surface area contributed by atoms with Crippen molar-refractivity contribution in [1.82, 2.24) is 10.3 Å². The number of amidine groups is 1. The van der Waals surface area contributed by atoms with E-state index in [9.17, 15) is 27.9 Å². The Balaban J connectivity index is 2.12. The van der Waals surface area contributed by atoms with Gasteiger partial charge in [-0.1, -0.05) is 48.0 Å². The van der Waals surface area contributed by atoms with E-state index >= 15 is 0 Å². The molecule has 0 fully saturated rings. The van der Waals surface area contributed by atoms with E-state index in [-0.39, 0.29) is 16.4 Å². The lowest BCUT2D eigenvalue weighted by atomic mass is 10.0. The zero-order valence-corrected chi connectivity index (χ0v) is 14.0. The van der Waals surface area contributed by atoms with Crippen molar-refractivity contribution >= 4 is 17.6 Å². The number of hydrogen-bond acceptors (Lipinski definition) is 4. The molecule has 9 heteroatoms. The van der Waals surface area contributed by atoms with Crippen LogP contribution in [0.3, 0.4) is 0 Å². The van der Waals surface area contributed by atoms with Gasteiger partial charge in [-0.05, 0) is 13.0 Å². The number of para-hydroxylation sites is 1. The van der Waals surface area contributed by atoms with Crippen molar-refractivity contribution in [2.75, 3.05) is 0 Å². The molecule has 2 aromatic carbocycles. The van der Waals surface area contributed by atoms with E-state index in [0.29, 0.717) is 5.56 Å². The molecule has 140 valence electrons. The summed E-state index contributed by atoms with van der Waals surface area (Å²) in [5.41, 5.74) is 1.07. The third-order valence-electron chi connectivity index (χ3n) is 3.95. The largest absolute Gasteiger partial charge is 0.508 e. The molecule has 1 heterocycles. The standard InChI is InChI=1S/C18H14F3N3O3/c1-10-6-8-11(9-7-10)15-22-16(26)14(12-4-2-3-5-13(12)25)24(23-15)17(27)18(19,20)21/h2-9,14,25H,1H3,(H,22,23,26). The molecule has 27 heavy (non-hydrogen) atoms. The molecule has 0 aromatic heterocycles. The minimum absolute atomic E-state index is 0.0586. The van der Waals surface area contributed by atoms with Crippen molar-refractivity contribution in [3.8, 4) is 5.75 Å². The summed E-state index contributed by atoms with van der Waals surface area (Å²) in [6.07, 6.45) is -5.25. The summed E-state index contributed by atoms with van der Waals surface area (Å²) in [6.45, 7) is 1.82. The fourth-order valence-electron chi connectivity index (χ4n) is 2.61. The van der Waals surface area contributed by atoms with Gasteiger partial charge in [0.05, 0.1) is 0 Å². The molecule has 3 rings (SSSR count). The summed E-state index contributed by atoms with van der Waals surface area (Å²) in [4.78, 5) is 24.5. The Morgan fingerprint density at radius 3 is 2.37 bits per heavy atom.